The molecule has 7 heteroatoms. The fraction of sp³-hybridized carbons (Fsp3) is 0.417. The third-order valence-corrected chi connectivity index (χ3v) is 3.60. The van der Waals surface area contributed by atoms with Crippen LogP contribution in [0.4, 0.5) is 0 Å². The van der Waals surface area contributed by atoms with Crippen LogP contribution in [0, 0.1) is 0 Å². The Morgan fingerprint density at radius 2 is 2.32 bits per heavy atom. The van der Waals surface area contributed by atoms with E-state index in [9.17, 15) is 4.79 Å². The molecule has 2 aromatic rings. The van der Waals surface area contributed by atoms with Gasteiger partial charge in [0.2, 0.25) is 0 Å². The fourth-order valence-electron chi connectivity index (χ4n) is 1.62. The Morgan fingerprint density at radius 1 is 1.53 bits per heavy atom. The minimum atomic E-state index is -0.184. The maximum atomic E-state index is 11.6. The number of pyridine rings is 1. The number of H-pyrrole nitrogens is 1. The van der Waals surface area contributed by atoms with E-state index in [1.807, 2.05) is 26.0 Å². The summed E-state index contributed by atoms with van der Waals surface area (Å²) >= 11 is 1.36. The van der Waals surface area contributed by atoms with Gasteiger partial charge in [0.15, 0.2) is 5.16 Å². The highest BCUT2D eigenvalue weighted by Crippen LogP contribution is 2.23. The van der Waals surface area contributed by atoms with Crippen LogP contribution in [-0.2, 0) is 6.54 Å². The lowest BCUT2D eigenvalue weighted by atomic mass is 10.2. The molecule has 19 heavy (non-hydrogen) atoms. The van der Waals surface area contributed by atoms with E-state index in [1.165, 1.54) is 11.8 Å². The topological polar surface area (TPSA) is 89.6 Å². The summed E-state index contributed by atoms with van der Waals surface area (Å²) in [6.45, 7) is 4.58. The van der Waals surface area contributed by atoms with Gasteiger partial charge in [-0.2, -0.15) is 0 Å². The number of nitrogens with one attached hydrogen (secondary N) is 1. The van der Waals surface area contributed by atoms with Crippen LogP contribution in [0.1, 0.15) is 31.9 Å². The smallest absolute Gasteiger partial charge is 0.324 e. The minimum absolute atomic E-state index is 0.0322. The molecule has 3 N–H and O–H groups in total. The summed E-state index contributed by atoms with van der Waals surface area (Å²) in [7, 11) is 0. The first-order chi connectivity index (χ1) is 9.11. The molecule has 0 fully saturated rings. The Kier molecular flexibility index (Phi) is 4.39. The summed E-state index contributed by atoms with van der Waals surface area (Å²) in [5.74, 6) is 0. The van der Waals surface area contributed by atoms with Gasteiger partial charge in [0, 0.05) is 18.8 Å². The van der Waals surface area contributed by atoms with Gasteiger partial charge < -0.3 is 5.73 Å². The van der Waals surface area contributed by atoms with Gasteiger partial charge in [0.1, 0.15) is 5.03 Å². The van der Waals surface area contributed by atoms with Gasteiger partial charge in [-0.05, 0) is 36.7 Å². The van der Waals surface area contributed by atoms with Crippen molar-refractivity contribution in [3.8, 4) is 0 Å². The first-order valence-corrected chi connectivity index (χ1v) is 6.98. The van der Waals surface area contributed by atoms with Crippen molar-refractivity contribution >= 4 is 11.8 Å². The quantitative estimate of drug-likeness (QED) is 0.866. The number of nitrogens with two attached hydrogens (primary N) is 1. The molecule has 2 heterocycles. The fourth-order valence-corrected chi connectivity index (χ4v) is 2.42. The lowest BCUT2D eigenvalue weighted by molar-refractivity contribution is 0.603. The standard InChI is InChI=1S/C12H17N5OS/c1-3-6-17-11(18)15-16-12(17)19-10-5-4-9(7-14-10)8(2)13/h4-5,7-8H,3,6,13H2,1-2H3,(H,15,18). The van der Waals surface area contributed by atoms with E-state index in [0.29, 0.717) is 11.7 Å². The van der Waals surface area contributed by atoms with Crippen molar-refractivity contribution in [2.45, 2.75) is 43.0 Å². The second-order valence-electron chi connectivity index (χ2n) is 4.28. The first-order valence-electron chi connectivity index (χ1n) is 6.16. The van der Waals surface area contributed by atoms with Crippen LogP contribution in [0.25, 0.3) is 0 Å². The highest BCUT2D eigenvalue weighted by Gasteiger charge is 2.10. The largest absolute Gasteiger partial charge is 0.343 e. The third-order valence-electron chi connectivity index (χ3n) is 2.65. The van der Waals surface area contributed by atoms with Crippen LogP contribution in [0.15, 0.2) is 33.3 Å². The lowest BCUT2D eigenvalue weighted by Gasteiger charge is -2.06. The van der Waals surface area contributed by atoms with Crippen molar-refractivity contribution in [2.24, 2.45) is 5.73 Å². The molecule has 0 saturated heterocycles. The van der Waals surface area contributed by atoms with Crippen LogP contribution in [0.5, 0.6) is 0 Å². The van der Waals surface area contributed by atoms with Gasteiger partial charge in [-0.25, -0.2) is 14.9 Å². The van der Waals surface area contributed by atoms with Gasteiger partial charge in [0.25, 0.3) is 0 Å². The molecule has 0 aliphatic heterocycles. The summed E-state index contributed by atoms with van der Waals surface area (Å²) in [5.41, 5.74) is 6.57. The van der Waals surface area contributed by atoms with Crippen LogP contribution >= 0.6 is 11.8 Å². The van der Waals surface area contributed by atoms with Crippen molar-refractivity contribution in [2.75, 3.05) is 0 Å². The molecule has 1 unspecified atom stereocenters. The number of hydrogen-bond acceptors (Lipinski definition) is 5. The van der Waals surface area contributed by atoms with Crippen LogP contribution in [0.2, 0.25) is 0 Å². The van der Waals surface area contributed by atoms with E-state index >= 15 is 0 Å². The molecule has 0 radical (unpaired) electrons. The Hall–Kier alpha value is -1.60. The van der Waals surface area contributed by atoms with Gasteiger partial charge >= 0.3 is 5.69 Å². The lowest BCUT2D eigenvalue weighted by Crippen LogP contribution is -2.17. The molecular formula is C12H17N5OS. The molecule has 102 valence electrons. The molecule has 0 bridgehead atoms. The average Bonchev–Trinajstić information content (AvgIpc) is 2.73. The number of aromatic amines is 1. The van der Waals surface area contributed by atoms with Crippen molar-refractivity contribution in [3.63, 3.8) is 0 Å². The normalized spacial score (nSPS) is 12.6. The SMILES string of the molecule is CCCn1c(Sc2ccc(C(C)N)cn2)n[nH]c1=O. The van der Waals surface area contributed by atoms with E-state index in [1.54, 1.807) is 10.8 Å². The van der Waals surface area contributed by atoms with Crippen molar-refractivity contribution in [1.82, 2.24) is 19.7 Å². The molecule has 0 amide bonds. The average molecular weight is 279 g/mol. The molecule has 6 nitrogen and oxygen atoms in total. The molecule has 0 spiro atoms. The molecule has 1 atom stereocenters. The summed E-state index contributed by atoms with van der Waals surface area (Å²) < 4.78 is 1.62. The molecule has 0 saturated carbocycles. The predicted octanol–water partition coefficient (Wildman–Crippen LogP) is 1.55. The van der Waals surface area contributed by atoms with Gasteiger partial charge in [0.05, 0.1) is 0 Å². The zero-order valence-electron chi connectivity index (χ0n) is 11.0. The Morgan fingerprint density at radius 3 is 2.89 bits per heavy atom. The van der Waals surface area contributed by atoms with Gasteiger partial charge in [-0.15, -0.1) is 5.10 Å². The van der Waals surface area contributed by atoms with E-state index < -0.39 is 0 Å². The molecule has 2 rings (SSSR count). The van der Waals surface area contributed by atoms with E-state index in [0.717, 1.165) is 17.0 Å². The first kappa shape index (κ1) is 13.8. The molecule has 2 aromatic heterocycles. The number of hydrogen-bond donors (Lipinski definition) is 2. The molecule has 0 aliphatic carbocycles. The van der Waals surface area contributed by atoms with Crippen LogP contribution < -0.4 is 11.4 Å². The Balaban J connectivity index is 2.19. The van der Waals surface area contributed by atoms with E-state index in [2.05, 4.69) is 15.2 Å². The van der Waals surface area contributed by atoms with Crippen LogP contribution in [0.3, 0.4) is 0 Å². The van der Waals surface area contributed by atoms with Crippen molar-refractivity contribution < 1.29 is 0 Å². The monoisotopic (exact) mass is 279 g/mol. The maximum absolute atomic E-state index is 11.6. The molecular weight excluding hydrogens is 262 g/mol. The molecule has 0 aromatic carbocycles. The maximum Gasteiger partial charge on any atom is 0.343 e. The summed E-state index contributed by atoms with van der Waals surface area (Å²) in [6.07, 6.45) is 2.63. The van der Waals surface area contributed by atoms with Gasteiger partial charge in [-0.1, -0.05) is 13.0 Å². The summed E-state index contributed by atoms with van der Waals surface area (Å²) in [5, 5.41) is 7.90. The number of rotatable bonds is 5. The Labute approximate surface area is 115 Å². The number of aromatic nitrogens is 4. The van der Waals surface area contributed by atoms with Crippen molar-refractivity contribution in [3.05, 3.63) is 34.4 Å². The third kappa shape index (κ3) is 3.24. The summed E-state index contributed by atoms with van der Waals surface area (Å²) in [6, 6.07) is 3.79. The highest BCUT2D eigenvalue weighted by molar-refractivity contribution is 7.99. The second-order valence-corrected chi connectivity index (χ2v) is 5.27. The van der Waals surface area contributed by atoms with E-state index in [4.69, 9.17) is 5.73 Å². The predicted molar refractivity (Wildman–Crippen MR) is 74.1 cm³/mol. The van der Waals surface area contributed by atoms with E-state index in [-0.39, 0.29) is 11.7 Å². The molecule has 0 aliphatic rings. The Bertz CT molecular complexity index is 587. The van der Waals surface area contributed by atoms with Crippen molar-refractivity contribution in [1.29, 1.82) is 0 Å². The number of nitrogens with zero attached hydrogens (tertiary/aromatic N) is 3. The summed E-state index contributed by atoms with van der Waals surface area (Å²) in [4.78, 5) is 15.9. The second kappa shape index (κ2) is 6.03. The van der Waals surface area contributed by atoms with Gasteiger partial charge in [-0.3, -0.25) is 4.57 Å². The highest BCUT2D eigenvalue weighted by atomic mass is 32.2. The zero-order valence-corrected chi connectivity index (χ0v) is 11.8. The minimum Gasteiger partial charge on any atom is -0.324 e. The zero-order chi connectivity index (χ0) is 13.8. The van der Waals surface area contributed by atoms with Crippen LogP contribution in [-0.4, -0.2) is 19.7 Å².